The Morgan fingerprint density at radius 2 is 1.46 bits per heavy atom. The van der Waals surface area contributed by atoms with Crippen molar-refractivity contribution < 1.29 is 19.1 Å². The zero-order valence-electron chi connectivity index (χ0n) is 16.2. The molecule has 0 radical (unpaired) electrons. The molecule has 0 bridgehead atoms. The van der Waals surface area contributed by atoms with Gasteiger partial charge in [0.25, 0.3) is 0 Å². The topological polar surface area (TPSA) is 79.6 Å². The second-order valence-electron chi connectivity index (χ2n) is 7.71. The fraction of sp³-hybridized carbons (Fsp3) is 0.450. The molecule has 0 saturated carbocycles. The van der Waals surface area contributed by atoms with Crippen LogP contribution in [0.5, 0.6) is 0 Å². The number of hydrogen-bond acceptors (Lipinski definition) is 5. The average molecular weight is 358 g/mol. The summed E-state index contributed by atoms with van der Waals surface area (Å²) in [6, 6.07) is 8.99. The van der Waals surface area contributed by atoms with Crippen LogP contribution in [-0.2, 0) is 9.47 Å². The van der Waals surface area contributed by atoms with Crippen molar-refractivity contribution in [1.82, 2.24) is 4.90 Å². The minimum Gasteiger partial charge on any atom is -0.443 e. The average Bonchev–Trinajstić information content (AvgIpc) is 2.48. The molecule has 0 atom stereocenters. The summed E-state index contributed by atoms with van der Waals surface area (Å²) in [4.78, 5) is 25.6. The van der Waals surface area contributed by atoms with Crippen molar-refractivity contribution in [3.8, 4) is 6.07 Å². The van der Waals surface area contributed by atoms with E-state index in [4.69, 9.17) is 14.7 Å². The van der Waals surface area contributed by atoms with Gasteiger partial charge >= 0.3 is 12.2 Å². The van der Waals surface area contributed by atoms with Crippen molar-refractivity contribution in [3.63, 3.8) is 0 Å². The number of ether oxygens (including phenoxy) is 2. The zero-order chi connectivity index (χ0) is 20.0. The fourth-order valence-electron chi connectivity index (χ4n) is 1.82. The number of nitriles is 1. The Hall–Kier alpha value is -2.81. The monoisotopic (exact) mass is 358 g/mol. The van der Waals surface area contributed by atoms with Gasteiger partial charge in [0, 0.05) is 0 Å². The number of imide groups is 1. The largest absolute Gasteiger partial charge is 0.443 e. The van der Waals surface area contributed by atoms with Gasteiger partial charge < -0.3 is 9.47 Å². The van der Waals surface area contributed by atoms with Crippen LogP contribution in [0.2, 0.25) is 0 Å². The summed E-state index contributed by atoms with van der Waals surface area (Å²) in [6.07, 6.45) is 1.88. The van der Waals surface area contributed by atoms with Gasteiger partial charge in [0.1, 0.15) is 11.2 Å². The maximum absolute atomic E-state index is 12.3. The van der Waals surface area contributed by atoms with Gasteiger partial charge in [-0.05, 0) is 59.2 Å². The molecule has 0 aliphatic carbocycles. The molecule has 0 spiro atoms. The van der Waals surface area contributed by atoms with Crippen molar-refractivity contribution in [3.05, 3.63) is 41.5 Å². The van der Waals surface area contributed by atoms with Crippen molar-refractivity contribution in [2.45, 2.75) is 52.7 Å². The van der Waals surface area contributed by atoms with Crippen LogP contribution in [0.25, 0.3) is 6.08 Å². The molecule has 0 aliphatic heterocycles. The van der Waals surface area contributed by atoms with E-state index in [-0.39, 0.29) is 6.54 Å². The lowest BCUT2D eigenvalue weighted by Crippen LogP contribution is -2.43. The molecule has 0 aliphatic rings. The third-order valence-electron chi connectivity index (χ3n) is 2.87. The normalized spacial score (nSPS) is 11.7. The van der Waals surface area contributed by atoms with Crippen LogP contribution in [0, 0.1) is 11.3 Å². The number of nitrogens with zero attached hydrogens (tertiary/aromatic N) is 2. The van der Waals surface area contributed by atoms with Gasteiger partial charge in [-0.15, -0.1) is 0 Å². The molecule has 0 heterocycles. The lowest BCUT2D eigenvalue weighted by molar-refractivity contribution is 0.00377. The van der Waals surface area contributed by atoms with Crippen molar-refractivity contribution >= 4 is 18.3 Å². The molecule has 6 nitrogen and oxygen atoms in total. The maximum atomic E-state index is 12.3. The summed E-state index contributed by atoms with van der Waals surface area (Å²) in [5.41, 5.74) is -0.0499. The van der Waals surface area contributed by atoms with Crippen molar-refractivity contribution in [2.75, 3.05) is 6.54 Å². The molecule has 0 unspecified atom stereocenters. The highest BCUT2D eigenvalue weighted by molar-refractivity contribution is 5.88. The first-order chi connectivity index (χ1) is 11.9. The van der Waals surface area contributed by atoms with Crippen LogP contribution in [0.3, 0.4) is 0 Å². The third-order valence-corrected chi connectivity index (χ3v) is 2.87. The lowest BCUT2D eigenvalue weighted by Gasteiger charge is -2.28. The second-order valence-corrected chi connectivity index (χ2v) is 7.71. The van der Waals surface area contributed by atoms with E-state index in [2.05, 4.69) is 0 Å². The number of carbonyl (C=O) groups excluding carboxylic acids is 2. The number of hydrogen-bond donors (Lipinski definition) is 0. The van der Waals surface area contributed by atoms with E-state index in [1.807, 2.05) is 6.07 Å². The lowest BCUT2D eigenvalue weighted by atomic mass is 10.1. The highest BCUT2D eigenvalue weighted by Gasteiger charge is 2.30. The van der Waals surface area contributed by atoms with E-state index in [1.54, 1.807) is 78.0 Å². The SMILES string of the molecule is CC(C)(C)OC(=O)N(C/C=C/c1ccc(C#N)cc1)C(=O)OC(C)(C)C. The van der Waals surface area contributed by atoms with Crippen LogP contribution in [0.1, 0.15) is 52.7 Å². The first-order valence-electron chi connectivity index (χ1n) is 8.31. The summed E-state index contributed by atoms with van der Waals surface area (Å²) < 4.78 is 10.6. The van der Waals surface area contributed by atoms with Gasteiger partial charge in [-0.3, -0.25) is 0 Å². The molecule has 6 heteroatoms. The van der Waals surface area contributed by atoms with Crippen LogP contribution in [0.4, 0.5) is 9.59 Å². The molecule has 0 aromatic heterocycles. The van der Waals surface area contributed by atoms with E-state index in [0.29, 0.717) is 5.56 Å². The highest BCUT2D eigenvalue weighted by atomic mass is 16.6. The van der Waals surface area contributed by atoms with E-state index < -0.39 is 23.4 Å². The van der Waals surface area contributed by atoms with E-state index >= 15 is 0 Å². The highest BCUT2D eigenvalue weighted by Crippen LogP contribution is 2.15. The number of amides is 2. The first-order valence-corrected chi connectivity index (χ1v) is 8.31. The molecular formula is C20H26N2O4. The molecule has 0 saturated heterocycles. The fourth-order valence-corrected chi connectivity index (χ4v) is 1.82. The van der Waals surface area contributed by atoms with Gasteiger partial charge in [0.15, 0.2) is 0 Å². The Balaban J connectivity index is 2.89. The third kappa shape index (κ3) is 7.84. The van der Waals surface area contributed by atoms with Crippen molar-refractivity contribution in [2.24, 2.45) is 0 Å². The minimum atomic E-state index is -0.767. The van der Waals surface area contributed by atoms with E-state index in [0.717, 1.165) is 10.5 Å². The zero-order valence-corrected chi connectivity index (χ0v) is 16.2. The van der Waals surface area contributed by atoms with Gasteiger partial charge in [0.2, 0.25) is 0 Å². The van der Waals surface area contributed by atoms with E-state index in [9.17, 15) is 9.59 Å². The van der Waals surface area contributed by atoms with Gasteiger partial charge in [-0.1, -0.05) is 24.3 Å². The molecule has 1 aromatic carbocycles. The predicted molar refractivity (Wildman–Crippen MR) is 99.4 cm³/mol. The Bertz CT molecular complexity index is 673. The maximum Gasteiger partial charge on any atom is 0.420 e. The molecule has 0 N–H and O–H groups in total. The summed E-state index contributed by atoms with van der Waals surface area (Å²) in [5, 5.41) is 8.81. The molecule has 0 fully saturated rings. The van der Waals surface area contributed by atoms with Gasteiger partial charge in [-0.2, -0.15) is 5.26 Å². The Morgan fingerprint density at radius 3 is 1.85 bits per heavy atom. The Morgan fingerprint density at radius 1 is 1.00 bits per heavy atom. The number of rotatable bonds is 3. The van der Waals surface area contributed by atoms with Crippen LogP contribution >= 0.6 is 0 Å². The summed E-state index contributed by atoms with van der Waals surface area (Å²) >= 11 is 0. The molecular weight excluding hydrogens is 332 g/mol. The number of benzene rings is 1. The van der Waals surface area contributed by atoms with Gasteiger partial charge in [-0.25, -0.2) is 14.5 Å². The molecule has 1 rings (SSSR count). The van der Waals surface area contributed by atoms with Crippen molar-refractivity contribution in [1.29, 1.82) is 5.26 Å². The standard InChI is InChI=1S/C20H26N2O4/c1-19(2,3)25-17(23)22(18(24)26-20(4,5)6)13-7-8-15-9-11-16(14-21)12-10-15/h7-12H,13H2,1-6H3/b8-7+. The molecule has 26 heavy (non-hydrogen) atoms. The smallest absolute Gasteiger partial charge is 0.420 e. The predicted octanol–water partition coefficient (Wildman–Crippen LogP) is 4.74. The number of carbonyl (C=O) groups is 2. The molecule has 140 valence electrons. The van der Waals surface area contributed by atoms with E-state index in [1.165, 1.54) is 0 Å². The summed E-state index contributed by atoms with van der Waals surface area (Å²) in [6.45, 7) is 10.4. The quantitative estimate of drug-likeness (QED) is 0.779. The van der Waals surface area contributed by atoms with Crippen LogP contribution in [0.15, 0.2) is 30.3 Å². The first kappa shape index (κ1) is 21.2. The summed E-state index contributed by atoms with van der Waals surface area (Å²) in [7, 11) is 0. The second kappa shape index (κ2) is 8.52. The van der Waals surface area contributed by atoms with Gasteiger partial charge in [0.05, 0.1) is 18.2 Å². The molecule has 2 amide bonds. The molecule has 1 aromatic rings. The van der Waals surface area contributed by atoms with Crippen LogP contribution in [-0.4, -0.2) is 34.8 Å². The summed E-state index contributed by atoms with van der Waals surface area (Å²) in [5.74, 6) is 0. The van der Waals surface area contributed by atoms with Crippen LogP contribution < -0.4 is 0 Å². The Labute approximate surface area is 155 Å². The Kier molecular flexibility index (Phi) is 6.96. The minimum absolute atomic E-state index is 0.00380.